The minimum absolute atomic E-state index is 0.0485. The lowest BCUT2D eigenvalue weighted by molar-refractivity contribution is 0.0528. The number of ether oxygens (including phenoxy) is 1. The van der Waals surface area contributed by atoms with Gasteiger partial charge in [0, 0.05) is 31.2 Å². The highest BCUT2D eigenvalue weighted by Crippen LogP contribution is 2.23. The quantitative estimate of drug-likeness (QED) is 0.860. The van der Waals surface area contributed by atoms with Gasteiger partial charge >= 0.3 is 0 Å². The van der Waals surface area contributed by atoms with Crippen LogP contribution in [0.15, 0.2) is 18.2 Å². The van der Waals surface area contributed by atoms with Crippen LogP contribution in [0, 0.1) is 0 Å². The second-order valence-corrected chi connectivity index (χ2v) is 5.41. The monoisotopic (exact) mass is 291 g/mol. The Morgan fingerprint density at radius 1 is 1.38 bits per heavy atom. The molecule has 5 nitrogen and oxygen atoms in total. The van der Waals surface area contributed by atoms with E-state index in [1.165, 1.54) is 0 Å². The van der Waals surface area contributed by atoms with Crippen LogP contribution >= 0.6 is 0 Å². The number of likely N-dealkylation sites (N-methyl/N-ethyl adjacent to an activating group) is 1. The van der Waals surface area contributed by atoms with Crippen molar-refractivity contribution in [1.29, 1.82) is 0 Å². The van der Waals surface area contributed by atoms with E-state index in [1.54, 1.807) is 18.2 Å². The van der Waals surface area contributed by atoms with Gasteiger partial charge in [-0.25, -0.2) is 0 Å². The smallest absolute Gasteiger partial charge is 0.254 e. The van der Waals surface area contributed by atoms with Gasteiger partial charge < -0.3 is 15.4 Å². The normalized spacial score (nSPS) is 19.6. The van der Waals surface area contributed by atoms with Crippen molar-refractivity contribution in [1.82, 2.24) is 9.80 Å². The van der Waals surface area contributed by atoms with Crippen molar-refractivity contribution in [3.05, 3.63) is 23.8 Å². The number of hydrogen-bond donors (Lipinski definition) is 1. The first-order valence-electron chi connectivity index (χ1n) is 7.62. The van der Waals surface area contributed by atoms with Crippen molar-refractivity contribution in [2.45, 2.75) is 26.8 Å². The number of nitrogens with zero attached hydrogens (tertiary/aromatic N) is 2. The first-order valence-corrected chi connectivity index (χ1v) is 7.62. The molecule has 2 rings (SSSR count). The molecule has 0 aromatic heterocycles. The van der Waals surface area contributed by atoms with Crippen LogP contribution in [0.5, 0.6) is 5.75 Å². The van der Waals surface area contributed by atoms with E-state index in [0.29, 0.717) is 29.6 Å². The minimum Gasteiger partial charge on any atom is -0.492 e. The molecule has 1 aromatic carbocycles. The van der Waals surface area contributed by atoms with Crippen LogP contribution in [0.1, 0.15) is 31.1 Å². The van der Waals surface area contributed by atoms with E-state index in [-0.39, 0.29) is 5.91 Å². The Balaban J connectivity index is 2.08. The summed E-state index contributed by atoms with van der Waals surface area (Å²) < 4.78 is 5.41. The zero-order valence-corrected chi connectivity index (χ0v) is 13.1. The predicted octanol–water partition coefficient (Wildman–Crippen LogP) is 1.83. The summed E-state index contributed by atoms with van der Waals surface area (Å²) in [6.07, 6.45) is 0. The number of hydrogen-bond acceptors (Lipinski definition) is 4. The van der Waals surface area contributed by atoms with Crippen LogP contribution in [-0.2, 0) is 0 Å². The van der Waals surface area contributed by atoms with E-state index in [0.717, 1.165) is 26.2 Å². The van der Waals surface area contributed by atoms with Crippen molar-refractivity contribution in [2.75, 3.05) is 38.5 Å². The fourth-order valence-electron chi connectivity index (χ4n) is 2.80. The number of rotatable bonds is 4. The van der Waals surface area contributed by atoms with Gasteiger partial charge in [0.25, 0.3) is 5.91 Å². The first-order chi connectivity index (χ1) is 10.1. The van der Waals surface area contributed by atoms with Crippen molar-refractivity contribution >= 4 is 11.6 Å². The topological polar surface area (TPSA) is 58.8 Å². The SMILES string of the molecule is CCOc1ccc(C(=O)N2CCN(CC)C(C)C2)cc1N. The van der Waals surface area contributed by atoms with Crippen molar-refractivity contribution < 1.29 is 9.53 Å². The summed E-state index contributed by atoms with van der Waals surface area (Å²) in [5.41, 5.74) is 7.09. The average Bonchev–Trinajstić information content (AvgIpc) is 2.48. The summed E-state index contributed by atoms with van der Waals surface area (Å²) >= 11 is 0. The van der Waals surface area contributed by atoms with Crippen molar-refractivity contribution in [3.63, 3.8) is 0 Å². The highest BCUT2D eigenvalue weighted by atomic mass is 16.5. The Morgan fingerprint density at radius 2 is 2.14 bits per heavy atom. The van der Waals surface area contributed by atoms with Gasteiger partial charge in [-0.15, -0.1) is 0 Å². The van der Waals surface area contributed by atoms with E-state index >= 15 is 0 Å². The Kier molecular flexibility index (Phi) is 5.07. The highest BCUT2D eigenvalue weighted by Gasteiger charge is 2.26. The lowest BCUT2D eigenvalue weighted by Gasteiger charge is -2.39. The molecule has 0 aliphatic carbocycles. The van der Waals surface area contributed by atoms with Gasteiger partial charge in [-0.1, -0.05) is 6.92 Å². The Morgan fingerprint density at radius 3 is 2.71 bits per heavy atom. The van der Waals surface area contributed by atoms with Crippen molar-refractivity contribution in [3.8, 4) is 5.75 Å². The molecule has 1 aliphatic heterocycles. The highest BCUT2D eigenvalue weighted by molar-refractivity contribution is 5.95. The molecule has 0 bridgehead atoms. The molecular weight excluding hydrogens is 266 g/mol. The van der Waals surface area contributed by atoms with E-state index in [9.17, 15) is 4.79 Å². The summed E-state index contributed by atoms with van der Waals surface area (Å²) in [4.78, 5) is 16.9. The van der Waals surface area contributed by atoms with Gasteiger partial charge in [0.05, 0.1) is 12.3 Å². The lowest BCUT2D eigenvalue weighted by atomic mass is 10.1. The first kappa shape index (κ1) is 15.6. The predicted molar refractivity (Wildman–Crippen MR) is 84.6 cm³/mol. The Hall–Kier alpha value is -1.75. The van der Waals surface area contributed by atoms with E-state index in [4.69, 9.17) is 10.5 Å². The summed E-state index contributed by atoms with van der Waals surface area (Å²) in [6.45, 7) is 10.3. The molecule has 1 fully saturated rings. The van der Waals surface area contributed by atoms with Gasteiger partial charge in [0.15, 0.2) is 0 Å². The molecule has 2 N–H and O–H groups in total. The fraction of sp³-hybridized carbons (Fsp3) is 0.562. The fourth-order valence-corrected chi connectivity index (χ4v) is 2.80. The van der Waals surface area contributed by atoms with Crippen LogP contribution in [0.3, 0.4) is 0 Å². The maximum absolute atomic E-state index is 12.6. The molecule has 1 atom stereocenters. The van der Waals surface area contributed by atoms with Gasteiger partial charge in [0.1, 0.15) is 5.75 Å². The third kappa shape index (κ3) is 3.47. The second kappa shape index (κ2) is 6.80. The molecule has 1 saturated heterocycles. The molecular formula is C16H25N3O2. The van der Waals surface area contributed by atoms with Crippen LogP contribution in [0.2, 0.25) is 0 Å². The number of nitrogen functional groups attached to an aromatic ring is 1. The van der Waals surface area contributed by atoms with Crippen LogP contribution in [-0.4, -0.2) is 54.5 Å². The molecule has 1 aromatic rings. The Labute approximate surface area is 126 Å². The minimum atomic E-state index is 0.0485. The third-order valence-corrected chi connectivity index (χ3v) is 4.02. The molecule has 1 heterocycles. The summed E-state index contributed by atoms with van der Waals surface area (Å²) in [5, 5.41) is 0. The number of amides is 1. The van der Waals surface area contributed by atoms with E-state index in [2.05, 4.69) is 18.7 Å². The van der Waals surface area contributed by atoms with Gasteiger partial charge in [-0.05, 0) is 38.6 Å². The molecule has 0 spiro atoms. The van der Waals surface area contributed by atoms with Gasteiger partial charge in [-0.3, -0.25) is 9.69 Å². The largest absolute Gasteiger partial charge is 0.492 e. The lowest BCUT2D eigenvalue weighted by Crippen LogP contribution is -2.53. The maximum atomic E-state index is 12.6. The van der Waals surface area contributed by atoms with Crippen molar-refractivity contribution in [2.24, 2.45) is 0 Å². The number of anilines is 1. The standard InChI is InChI=1S/C16H25N3O2/c1-4-18-8-9-19(11-12(18)3)16(20)13-6-7-15(21-5-2)14(17)10-13/h6-7,10,12H,4-5,8-9,11,17H2,1-3H3. The third-order valence-electron chi connectivity index (χ3n) is 4.02. The summed E-state index contributed by atoms with van der Waals surface area (Å²) in [7, 11) is 0. The number of benzene rings is 1. The van der Waals surface area contributed by atoms with Crippen LogP contribution in [0.25, 0.3) is 0 Å². The average molecular weight is 291 g/mol. The molecule has 1 unspecified atom stereocenters. The Bertz CT molecular complexity index is 504. The molecule has 1 aliphatic rings. The summed E-state index contributed by atoms with van der Waals surface area (Å²) in [6, 6.07) is 5.68. The van der Waals surface area contributed by atoms with Crippen LogP contribution < -0.4 is 10.5 Å². The molecule has 0 radical (unpaired) electrons. The zero-order valence-electron chi connectivity index (χ0n) is 13.1. The molecule has 5 heteroatoms. The van der Waals surface area contributed by atoms with E-state index in [1.807, 2.05) is 11.8 Å². The number of carbonyl (C=O) groups excluding carboxylic acids is 1. The summed E-state index contributed by atoms with van der Waals surface area (Å²) in [5.74, 6) is 0.686. The number of nitrogens with two attached hydrogens (primary N) is 1. The second-order valence-electron chi connectivity index (χ2n) is 5.41. The van der Waals surface area contributed by atoms with Gasteiger partial charge in [-0.2, -0.15) is 0 Å². The van der Waals surface area contributed by atoms with Crippen LogP contribution in [0.4, 0.5) is 5.69 Å². The van der Waals surface area contributed by atoms with Gasteiger partial charge in [0.2, 0.25) is 0 Å². The molecule has 21 heavy (non-hydrogen) atoms. The zero-order chi connectivity index (χ0) is 15.4. The van der Waals surface area contributed by atoms with E-state index < -0.39 is 0 Å². The number of carbonyl (C=O) groups is 1. The number of piperazine rings is 1. The molecule has 1 amide bonds. The molecule has 116 valence electrons. The molecule has 0 saturated carbocycles. The maximum Gasteiger partial charge on any atom is 0.254 e.